The molecular weight excluding hydrogens is 441 g/mol. The number of halogens is 1. The number of hydrogen-bond donors (Lipinski definition) is 1. The number of methoxy groups -OCH3 is 1. The highest BCUT2D eigenvalue weighted by molar-refractivity contribution is 5.94. The van der Waals surface area contributed by atoms with Crippen molar-refractivity contribution in [3.8, 4) is 17.2 Å². The Balaban J connectivity index is 1.17. The van der Waals surface area contributed by atoms with Gasteiger partial charge in [0.15, 0.2) is 11.5 Å². The fourth-order valence-electron chi connectivity index (χ4n) is 4.29. The average Bonchev–Trinajstić information content (AvgIpc) is 3.42. The summed E-state index contributed by atoms with van der Waals surface area (Å²) in [5.41, 5.74) is 1.53. The van der Waals surface area contributed by atoms with E-state index < -0.39 is 0 Å². The molecule has 3 aromatic rings. The smallest absolute Gasteiger partial charge is 0.251 e. The summed E-state index contributed by atoms with van der Waals surface area (Å²) in [7, 11) is 1.63. The standard InChI is InChI=1S/C24H26FN5O4/c1-32-19-12-16(13-20-23(19)34-15-33-20)14-29-9-7-22-28-27-21(30(22)11-10-29)6-8-26-24(31)17-2-4-18(25)5-3-17/h2-5,12-13H,6-11,14-15H2,1H3,(H,26,31). The van der Waals surface area contributed by atoms with E-state index in [1.54, 1.807) is 7.11 Å². The largest absolute Gasteiger partial charge is 0.493 e. The summed E-state index contributed by atoms with van der Waals surface area (Å²) < 4.78 is 31.7. The van der Waals surface area contributed by atoms with Crippen molar-refractivity contribution in [2.24, 2.45) is 0 Å². The Labute approximate surface area is 196 Å². The van der Waals surface area contributed by atoms with Crippen molar-refractivity contribution in [2.75, 3.05) is 33.5 Å². The molecule has 0 spiro atoms. The fourth-order valence-corrected chi connectivity index (χ4v) is 4.29. The second-order valence-corrected chi connectivity index (χ2v) is 8.25. The summed E-state index contributed by atoms with van der Waals surface area (Å²) in [6.45, 7) is 3.86. The van der Waals surface area contributed by atoms with Crippen LogP contribution in [-0.4, -0.2) is 59.1 Å². The molecule has 1 N–H and O–H groups in total. The molecule has 0 unspecified atom stereocenters. The third-order valence-electron chi connectivity index (χ3n) is 6.06. The monoisotopic (exact) mass is 467 g/mol. The molecule has 9 nitrogen and oxygen atoms in total. The molecule has 2 aliphatic heterocycles. The van der Waals surface area contributed by atoms with E-state index in [1.165, 1.54) is 24.3 Å². The van der Waals surface area contributed by atoms with Crippen LogP contribution < -0.4 is 19.5 Å². The van der Waals surface area contributed by atoms with Crippen LogP contribution >= 0.6 is 0 Å². The first-order chi connectivity index (χ1) is 16.6. The molecule has 2 aromatic carbocycles. The van der Waals surface area contributed by atoms with Crippen LogP contribution in [-0.2, 0) is 25.9 Å². The van der Waals surface area contributed by atoms with E-state index in [-0.39, 0.29) is 18.5 Å². The second-order valence-electron chi connectivity index (χ2n) is 8.25. The SMILES string of the molecule is COc1cc(CN2CCc3nnc(CCNC(=O)c4ccc(F)cc4)n3CC2)cc2c1OCO2. The first kappa shape index (κ1) is 22.1. The number of aromatic nitrogens is 3. The summed E-state index contributed by atoms with van der Waals surface area (Å²) in [4.78, 5) is 14.6. The number of carbonyl (C=O) groups is 1. The maximum Gasteiger partial charge on any atom is 0.251 e. The highest BCUT2D eigenvalue weighted by Gasteiger charge is 2.23. The first-order valence-corrected chi connectivity index (χ1v) is 11.2. The third kappa shape index (κ3) is 4.67. The number of rotatable bonds is 7. The molecule has 5 rings (SSSR count). The summed E-state index contributed by atoms with van der Waals surface area (Å²) in [5.74, 6) is 3.25. The quantitative estimate of drug-likeness (QED) is 0.570. The molecule has 3 heterocycles. The van der Waals surface area contributed by atoms with Crippen LogP contribution in [0.4, 0.5) is 4.39 Å². The summed E-state index contributed by atoms with van der Waals surface area (Å²) >= 11 is 0. The number of amides is 1. The van der Waals surface area contributed by atoms with Gasteiger partial charge in [0.1, 0.15) is 17.5 Å². The van der Waals surface area contributed by atoms with Gasteiger partial charge in [0.05, 0.1) is 7.11 Å². The lowest BCUT2D eigenvalue weighted by molar-refractivity contribution is 0.0954. The van der Waals surface area contributed by atoms with E-state index in [4.69, 9.17) is 14.2 Å². The van der Waals surface area contributed by atoms with Crippen molar-refractivity contribution >= 4 is 5.91 Å². The Bertz CT molecular complexity index is 1180. The molecule has 0 aliphatic carbocycles. The Kier molecular flexibility index (Phi) is 6.31. The minimum Gasteiger partial charge on any atom is -0.493 e. The van der Waals surface area contributed by atoms with Gasteiger partial charge in [-0.1, -0.05) is 0 Å². The Morgan fingerprint density at radius 3 is 2.82 bits per heavy atom. The van der Waals surface area contributed by atoms with Gasteiger partial charge in [0.25, 0.3) is 5.91 Å². The fraction of sp³-hybridized carbons (Fsp3) is 0.375. The Hall–Kier alpha value is -3.66. The van der Waals surface area contributed by atoms with Gasteiger partial charge in [-0.3, -0.25) is 9.69 Å². The lowest BCUT2D eigenvalue weighted by Crippen LogP contribution is -2.28. The van der Waals surface area contributed by atoms with Gasteiger partial charge >= 0.3 is 0 Å². The second kappa shape index (κ2) is 9.68. The molecule has 0 fully saturated rings. The zero-order valence-corrected chi connectivity index (χ0v) is 18.9. The zero-order valence-electron chi connectivity index (χ0n) is 18.9. The van der Waals surface area contributed by atoms with Crippen LogP contribution in [0.5, 0.6) is 17.2 Å². The highest BCUT2D eigenvalue weighted by atomic mass is 19.1. The molecule has 0 atom stereocenters. The molecule has 10 heteroatoms. The topological polar surface area (TPSA) is 90.7 Å². The molecule has 0 saturated carbocycles. The Morgan fingerprint density at radius 1 is 1.15 bits per heavy atom. The molecule has 2 aliphatic rings. The van der Waals surface area contributed by atoms with Gasteiger partial charge in [-0.25, -0.2) is 4.39 Å². The van der Waals surface area contributed by atoms with Crippen molar-refractivity contribution in [3.05, 3.63) is 65.0 Å². The molecule has 1 amide bonds. The van der Waals surface area contributed by atoms with Gasteiger partial charge in [-0.05, 0) is 42.0 Å². The van der Waals surface area contributed by atoms with Crippen LogP contribution in [0.2, 0.25) is 0 Å². The van der Waals surface area contributed by atoms with Crippen molar-refractivity contribution in [3.63, 3.8) is 0 Å². The predicted octanol–water partition coefficient (Wildman–Crippen LogP) is 2.19. The van der Waals surface area contributed by atoms with Gasteiger partial charge in [0, 0.05) is 51.1 Å². The minimum atomic E-state index is -0.366. The summed E-state index contributed by atoms with van der Waals surface area (Å²) in [5, 5.41) is 11.6. The minimum absolute atomic E-state index is 0.208. The average molecular weight is 468 g/mol. The number of fused-ring (bicyclic) bond motifs is 2. The van der Waals surface area contributed by atoms with E-state index in [9.17, 15) is 9.18 Å². The zero-order chi connectivity index (χ0) is 23.5. The number of benzene rings is 2. The predicted molar refractivity (Wildman–Crippen MR) is 121 cm³/mol. The normalized spacial score (nSPS) is 15.0. The van der Waals surface area contributed by atoms with E-state index in [0.29, 0.717) is 35.8 Å². The van der Waals surface area contributed by atoms with Gasteiger partial charge in [0.2, 0.25) is 12.5 Å². The Morgan fingerprint density at radius 2 is 2.00 bits per heavy atom. The number of nitrogens with zero attached hydrogens (tertiary/aromatic N) is 4. The summed E-state index contributed by atoms with van der Waals surface area (Å²) in [6, 6.07) is 9.49. The van der Waals surface area contributed by atoms with E-state index >= 15 is 0 Å². The maximum absolute atomic E-state index is 13.0. The van der Waals surface area contributed by atoms with Gasteiger partial charge < -0.3 is 24.1 Å². The van der Waals surface area contributed by atoms with Crippen LogP contribution in [0.1, 0.15) is 27.6 Å². The molecule has 0 radical (unpaired) electrons. The van der Waals surface area contributed by atoms with Crippen LogP contribution in [0, 0.1) is 5.82 Å². The number of ether oxygens (including phenoxy) is 3. The van der Waals surface area contributed by atoms with Crippen molar-refractivity contribution in [1.29, 1.82) is 0 Å². The summed E-state index contributed by atoms with van der Waals surface area (Å²) in [6.07, 6.45) is 1.36. The van der Waals surface area contributed by atoms with Crippen molar-refractivity contribution < 1.29 is 23.4 Å². The van der Waals surface area contributed by atoms with Crippen molar-refractivity contribution in [2.45, 2.75) is 25.9 Å². The first-order valence-electron chi connectivity index (χ1n) is 11.2. The molecule has 178 valence electrons. The van der Waals surface area contributed by atoms with Crippen LogP contribution in [0.25, 0.3) is 0 Å². The lowest BCUT2D eigenvalue weighted by Gasteiger charge is -2.20. The molecule has 0 saturated heterocycles. The van der Waals surface area contributed by atoms with Crippen molar-refractivity contribution in [1.82, 2.24) is 25.0 Å². The van der Waals surface area contributed by atoms with Crippen LogP contribution in [0.15, 0.2) is 36.4 Å². The molecule has 0 bridgehead atoms. The van der Waals surface area contributed by atoms with Gasteiger partial charge in [-0.2, -0.15) is 0 Å². The maximum atomic E-state index is 13.0. The molecule has 34 heavy (non-hydrogen) atoms. The highest BCUT2D eigenvalue weighted by Crippen LogP contribution is 2.42. The molecular formula is C24H26FN5O4. The van der Waals surface area contributed by atoms with E-state index in [2.05, 4.69) is 25.0 Å². The molecule has 1 aromatic heterocycles. The number of nitrogens with one attached hydrogen (secondary N) is 1. The third-order valence-corrected chi connectivity index (χ3v) is 6.06. The lowest BCUT2D eigenvalue weighted by atomic mass is 10.1. The number of hydrogen-bond acceptors (Lipinski definition) is 7. The van der Waals surface area contributed by atoms with Crippen LogP contribution in [0.3, 0.4) is 0 Å². The van der Waals surface area contributed by atoms with E-state index in [1.807, 2.05) is 12.1 Å². The van der Waals surface area contributed by atoms with Gasteiger partial charge in [-0.15, -0.1) is 10.2 Å². The van der Waals surface area contributed by atoms with E-state index in [0.717, 1.165) is 49.8 Å². The number of carbonyl (C=O) groups excluding carboxylic acids is 1.